The summed E-state index contributed by atoms with van der Waals surface area (Å²) in [6.07, 6.45) is 12.7. The Balaban J connectivity index is 0.000000443. The maximum absolute atomic E-state index is 13.0. The molecule has 1 saturated carbocycles. The van der Waals surface area contributed by atoms with Crippen LogP contribution in [0.1, 0.15) is 50.2 Å². The lowest BCUT2D eigenvalue weighted by Gasteiger charge is -2.15. The molecule has 9 heteroatoms. The van der Waals surface area contributed by atoms with Gasteiger partial charge < -0.3 is 16.0 Å². The van der Waals surface area contributed by atoms with Gasteiger partial charge in [0.2, 0.25) is 5.95 Å². The average Bonchev–Trinajstić information content (AvgIpc) is 3.54. The third-order valence-corrected chi connectivity index (χ3v) is 6.80. The van der Waals surface area contributed by atoms with Gasteiger partial charge in [-0.2, -0.15) is 9.97 Å². The Kier molecular flexibility index (Phi) is 13.8. The van der Waals surface area contributed by atoms with E-state index in [9.17, 15) is 4.39 Å². The topological polar surface area (TPSA) is 79.7 Å². The number of imidazole rings is 1. The molecule has 0 bridgehead atoms. The predicted octanol–water partition coefficient (Wildman–Crippen LogP) is 7.66. The summed E-state index contributed by atoms with van der Waals surface area (Å²) in [6.45, 7) is 11.0. The van der Waals surface area contributed by atoms with E-state index < -0.39 is 0 Å². The van der Waals surface area contributed by atoms with Gasteiger partial charge in [0, 0.05) is 49.7 Å². The molecule has 0 amide bonds. The largest absolute Gasteiger partial charge is 0.369 e. The van der Waals surface area contributed by atoms with Crippen LogP contribution >= 0.6 is 11.6 Å². The summed E-state index contributed by atoms with van der Waals surface area (Å²) in [6, 6.07) is 16.0. The molecule has 4 aromatic rings. The summed E-state index contributed by atoms with van der Waals surface area (Å²) in [5.41, 5.74) is 2.07. The highest BCUT2D eigenvalue weighted by Gasteiger charge is 2.07. The molecule has 3 N–H and O–H groups in total. The van der Waals surface area contributed by atoms with Crippen LogP contribution in [0.2, 0.25) is 5.02 Å². The van der Waals surface area contributed by atoms with Crippen molar-refractivity contribution in [2.24, 2.45) is 5.92 Å². The molecule has 218 valence electrons. The van der Waals surface area contributed by atoms with E-state index in [0.29, 0.717) is 48.8 Å². The molecule has 2 aromatic carbocycles. The molecule has 1 aliphatic rings. The fraction of sp³-hybridized carbons (Fsp3) is 0.344. The van der Waals surface area contributed by atoms with Crippen molar-refractivity contribution in [3.63, 3.8) is 0 Å². The number of halogens is 2. The average molecular weight is 578 g/mol. The van der Waals surface area contributed by atoms with Crippen LogP contribution in [0.3, 0.4) is 0 Å². The van der Waals surface area contributed by atoms with E-state index in [1.165, 1.54) is 44.2 Å². The number of benzene rings is 2. The van der Waals surface area contributed by atoms with Gasteiger partial charge in [0.1, 0.15) is 23.8 Å². The lowest BCUT2D eigenvalue weighted by atomic mass is 9.91. The lowest BCUT2D eigenvalue weighted by molar-refractivity contribution is 0.385. The molecule has 41 heavy (non-hydrogen) atoms. The van der Waals surface area contributed by atoms with E-state index in [1.807, 2.05) is 41.1 Å². The number of hydrogen-bond acceptors (Lipinski definition) is 6. The van der Waals surface area contributed by atoms with Crippen molar-refractivity contribution >= 4 is 23.4 Å². The summed E-state index contributed by atoms with van der Waals surface area (Å²) in [5.74, 6) is 2.70. The first-order valence-corrected chi connectivity index (χ1v) is 14.5. The molecule has 0 radical (unpaired) electrons. The molecule has 0 aliphatic heterocycles. The van der Waals surface area contributed by atoms with E-state index in [-0.39, 0.29) is 5.82 Å². The molecule has 0 atom stereocenters. The van der Waals surface area contributed by atoms with Crippen molar-refractivity contribution in [3.05, 3.63) is 108 Å². The summed E-state index contributed by atoms with van der Waals surface area (Å²) < 4.78 is 14.8. The molecule has 1 fully saturated rings. The zero-order valence-corrected chi connectivity index (χ0v) is 24.6. The Hall–Kier alpha value is -3.75. The number of aromatic nitrogens is 4. The lowest BCUT2D eigenvalue weighted by Crippen LogP contribution is -2.22. The number of rotatable bonds is 10. The molecular formula is C32H41ClFN7. The van der Waals surface area contributed by atoms with Crippen LogP contribution in [0.15, 0.2) is 86.5 Å². The Morgan fingerprint density at radius 1 is 0.927 bits per heavy atom. The predicted molar refractivity (Wildman–Crippen MR) is 168 cm³/mol. The zero-order chi connectivity index (χ0) is 29.3. The van der Waals surface area contributed by atoms with Crippen molar-refractivity contribution < 1.29 is 4.39 Å². The van der Waals surface area contributed by atoms with E-state index >= 15 is 0 Å². The summed E-state index contributed by atoms with van der Waals surface area (Å²) >= 11 is 6.07. The number of anilines is 2. The highest BCUT2D eigenvalue weighted by Crippen LogP contribution is 2.22. The second kappa shape index (κ2) is 17.8. The highest BCUT2D eigenvalue weighted by molar-refractivity contribution is 6.30. The molecule has 0 spiro atoms. The Morgan fingerprint density at radius 2 is 1.71 bits per heavy atom. The van der Waals surface area contributed by atoms with Crippen molar-refractivity contribution in [1.29, 1.82) is 0 Å². The number of nitrogens with one attached hydrogen (secondary N) is 3. The molecule has 1 aliphatic carbocycles. The number of hydrogen-bond donors (Lipinski definition) is 3. The maximum atomic E-state index is 13.0. The van der Waals surface area contributed by atoms with Crippen LogP contribution in [0.25, 0.3) is 5.82 Å². The standard InChI is InChI=1S/C23H23ClFN7.C7H14.C2H4/c24-19-3-1-2-18(12-19)15-29-23-30-21(13-22(31-23)32-11-10-27-16-32)28-9-8-26-14-17-4-6-20(25)7-5-17;1-7-5-3-2-4-6-7;1-2/h1-7,10-13,16,26H,8-9,14-15H2,(H2,28,29,30,31);7H,2-6H2,1H3;1-2H2. The molecule has 7 nitrogen and oxygen atoms in total. The van der Waals surface area contributed by atoms with Gasteiger partial charge in [0.25, 0.3) is 0 Å². The second-order valence-electron chi connectivity index (χ2n) is 9.86. The molecule has 0 saturated heterocycles. The monoisotopic (exact) mass is 577 g/mol. The fourth-order valence-electron chi connectivity index (χ4n) is 4.38. The van der Waals surface area contributed by atoms with Crippen LogP contribution in [0, 0.1) is 11.7 Å². The van der Waals surface area contributed by atoms with Gasteiger partial charge in [-0.25, -0.2) is 9.37 Å². The quantitative estimate of drug-likeness (QED) is 0.133. The van der Waals surface area contributed by atoms with Crippen LogP contribution in [0.4, 0.5) is 16.2 Å². The second-order valence-corrected chi connectivity index (χ2v) is 10.3. The first-order valence-electron chi connectivity index (χ1n) is 14.1. The van der Waals surface area contributed by atoms with E-state index in [4.69, 9.17) is 11.6 Å². The van der Waals surface area contributed by atoms with Gasteiger partial charge in [-0.3, -0.25) is 4.57 Å². The molecule has 2 heterocycles. The maximum Gasteiger partial charge on any atom is 0.226 e. The SMILES string of the molecule is C=C.CC1CCCCC1.Fc1ccc(CNCCNc2cc(-n3ccnc3)nc(NCc3cccc(Cl)c3)n2)cc1. The normalized spacial score (nSPS) is 12.9. The minimum absolute atomic E-state index is 0.229. The van der Waals surface area contributed by atoms with Crippen LogP contribution in [0.5, 0.6) is 0 Å². The Bertz CT molecular complexity index is 1280. The van der Waals surface area contributed by atoms with Gasteiger partial charge in [-0.1, -0.05) is 74.9 Å². The number of nitrogens with zero attached hydrogens (tertiary/aromatic N) is 4. The first-order chi connectivity index (χ1) is 20.0. The smallest absolute Gasteiger partial charge is 0.226 e. The Labute approximate surface area is 248 Å². The van der Waals surface area contributed by atoms with Crippen LogP contribution in [-0.2, 0) is 13.1 Å². The fourth-order valence-corrected chi connectivity index (χ4v) is 4.59. The third kappa shape index (κ3) is 11.7. The van der Waals surface area contributed by atoms with Gasteiger partial charge in [0.15, 0.2) is 0 Å². The van der Waals surface area contributed by atoms with Gasteiger partial charge >= 0.3 is 0 Å². The van der Waals surface area contributed by atoms with Crippen molar-refractivity contribution in [1.82, 2.24) is 24.8 Å². The molecule has 5 rings (SSSR count). The van der Waals surface area contributed by atoms with Crippen LogP contribution < -0.4 is 16.0 Å². The third-order valence-electron chi connectivity index (χ3n) is 6.57. The molecule has 0 unspecified atom stereocenters. The van der Waals surface area contributed by atoms with Crippen molar-refractivity contribution in [2.45, 2.75) is 52.1 Å². The minimum Gasteiger partial charge on any atom is -0.369 e. The summed E-state index contributed by atoms with van der Waals surface area (Å²) in [5, 5.41) is 10.6. The van der Waals surface area contributed by atoms with Crippen molar-refractivity contribution in [2.75, 3.05) is 23.7 Å². The molecular weight excluding hydrogens is 537 g/mol. The minimum atomic E-state index is -0.229. The molecule has 2 aromatic heterocycles. The van der Waals surface area contributed by atoms with Crippen molar-refractivity contribution in [3.8, 4) is 5.82 Å². The van der Waals surface area contributed by atoms with E-state index in [2.05, 4.69) is 51.0 Å². The zero-order valence-electron chi connectivity index (χ0n) is 23.8. The summed E-state index contributed by atoms with van der Waals surface area (Å²) in [7, 11) is 0. The van der Waals surface area contributed by atoms with Crippen LogP contribution in [-0.4, -0.2) is 32.6 Å². The summed E-state index contributed by atoms with van der Waals surface area (Å²) in [4.78, 5) is 13.3. The van der Waals surface area contributed by atoms with Gasteiger partial charge in [0.05, 0.1) is 0 Å². The van der Waals surface area contributed by atoms with Gasteiger partial charge in [-0.05, 0) is 41.3 Å². The first kappa shape index (κ1) is 31.8. The van der Waals surface area contributed by atoms with Gasteiger partial charge in [-0.15, -0.1) is 13.2 Å². The highest BCUT2D eigenvalue weighted by atomic mass is 35.5. The van der Waals surface area contributed by atoms with E-state index in [0.717, 1.165) is 17.0 Å². The Morgan fingerprint density at radius 3 is 2.37 bits per heavy atom. The van der Waals surface area contributed by atoms with E-state index in [1.54, 1.807) is 24.7 Å².